The van der Waals surface area contributed by atoms with Crippen LogP contribution in [0.25, 0.3) is 0 Å². The van der Waals surface area contributed by atoms with Crippen molar-refractivity contribution < 1.29 is 4.79 Å². The minimum absolute atomic E-state index is 0.0144. The van der Waals surface area contributed by atoms with Gasteiger partial charge in [-0.15, -0.1) is 4.91 Å². The van der Waals surface area contributed by atoms with E-state index in [9.17, 15) is 9.70 Å². The molecule has 2 aliphatic rings. The second-order valence-electron chi connectivity index (χ2n) is 2.50. The van der Waals surface area contributed by atoms with Crippen LogP contribution in [-0.2, 0) is 4.79 Å². The fourth-order valence-electron chi connectivity index (χ4n) is 1.11. The van der Waals surface area contributed by atoms with Crippen LogP contribution in [0.3, 0.4) is 0 Å². The second-order valence-corrected chi connectivity index (χ2v) is 2.50. The molecule has 0 spiro atoms. The van der Waals surface area contributed by atoms with Crippen LogP contribution in [-0.4, -0.2) is 17.8 Å². The summed E-state index contributed by atoms with van der Waals surface area (Å²) in [4.78, 5) is 24.8. The molecule has 7 nitrogen and oxygen atoms in total. The lowest BCUT2D eigenvalue weighted by Gasteiger charge is -1.94. The van der Waals surface area contributed by atoms with Crippen LogP contribution < -0.4 is 11.0 Å². The van der Waals surface area contributed by atoms with E-state index >= 15 is 0 Å². The molecule has 7 heteroatoms. The molecule has 1 amide bonds. The molecule has 0 unspecified atom stereocenters. The molecule has 2 heterocycles. The Morgan fingerprint density at radius 3 is 3.14 bits per heavy atom. The molecule has 0 aromatic rings. The van der Waals surface area contributed by atoms with E-state index in [-0.39, 0.29) is 5.70 Å². The fraction of sp³-hybridized carbons (Fsp3) is 0. The number of aliphatic imine (C=N–C) groups is 1. The summed E-state index contributed by atoms with van der Waals surface area (Å²) < 4.78 is 0. The van der Waals surface area contributed by atoms with E-state index in [2.05, 4.69) is 26.2 Å². The second kappa shape index (κ2) is 3.21. The van der Waals surface area contributed by atoms with Crippen molar-refractivity contribution in [1.29, 1.82) is 0 Å². The van der Waals surface area contributed by atoms with Crippen molar-refractivity contribution in [2.75, 3.05) is 0 Å². The van der Waals surface area contributed by atoms with Crippen molar-refractivity contribution in [3.8, 4) is 0 Å². The number of nitrogens with zero attached hydrogens (tertiary/aromatic N) is 3. The lowest BCUT2D eigenvalue weighted by atomic mass is 10.1. The highest BCUT2D eigenvalue weighted by molar-refractivity contribution is 6.43. The first-order valence-electron chi connectivity index (χ1n) is 3.74. The van der Waals surface area contributed by atoms with Crippen molar-refractivity contribution in [2.24, 2.45) is 15.3 Å². The average Bonchev–Trinajstić information content (AvgIpc) is 2.46. The first-order valence-corrected chi connectivity index (χ1v) is 3.74. The van der Waals surface area contributed by atoms with Gasteiger partial charge in [-0.25, -0.2) is 10.5 Å². The molecular weight excluding hydrogens is 186 g/mol. The van der Waals surface area contributed by atoms with Gasteiger partial charge in [0.25, 0.3) is 0 Å². The molecule has 0 aromatic carbocycles. The van der Waals surface area contributed by atoms with Crippen LogP contribution in [0, 0.1) is 4.91 Å². The highest BCUT2D eigenvalue weighted by atomic mass is 16.3. The predicted molar refractivity (Wildman–Crippen MR) is 49.2 cm³/mol. The fourth-order valence-corrected chi connectivity index (χ4v) is 1.11. The van der Waals surface area contributed by atoms with Gasteiger partial charge in [0.2, 0.25) is 0 Å². The number of rotatable bonds is 1. The van der Waals surface area contributed by atoms with Crippen molar-refractivity contribution in [1.82, 2.24) is 11.0 Å². The Labute approximate surface area is 78.2 Å². The lowest BCUT2D eigenvalue weighted by Crippen LogP contribution is -2.20. The minimum atomic E-state index is -0.895. The topological polar surface area (TPSA) is 95.3 Å². The number of fused-ring (bicyclic) bond motifs is 1. The molecule has 2 N–H and O–H groups in total. The smallest absolute Gasteiger partial charge is 0.292 e. The van der Waals surface area contributed by atoms with Gasteiger partial charge >= 0.3 is 5.91 Å². The van der Waals surface area contributed by atoms with Crippen LogP contribution in [0.15, 0.2) is 38.8 Å². The van der Waals surface area contributed by atoms with Crippen molar-refractivity contribution in [3.05, 3.63) is 28.5 Å². The Hall–Kier alpha value is -2.31. The van der Waals surface area contributed by atoms with Gasteiger partial charge in [-0.2, -0.15) is 5.10 Å². The number of nitrogens with one attached hydrogen (secondary N) is 2. The molecule has 2 aliphatic heterocycles. The average molecular weight is 191 g/mol. The van der Waals surface area contributed by atoms with Gasteiger partial charge < -0.3 is 0 Å². The zero-order valence-corrected chi connectivity index (χ0v) is 6.89. The van der Waals surface area contributed by atoms with Gasteiger partial charge in [0, 0.05) is 16.9 Å². The number of hydrogen-bond donors (Lipinski definition) is 2. The molecule has 2 rings (SSSR count). The highest BCUT2D eigenvalue weighted by Crippen LogP contribution is 2.17. The summed E-state index contributed by atoms with van der Waals surface area (Å²) in [6.07, 6.45) is 4.51. The van der Waals surface area contributed by atoms with Crippen LogP contribution in [0.2, 0.25) is 0 Å². The van der Waals surface area contributed by atoms with Crippen LogP contribution >= 0.6 is 0 Å². The quantitative estimate of drug-likeness (QED) is 0.551. The molecule has 0 radical (unpaired) electrons. The van der Waals surface area contributed by atoms with Gasteiger partial charge in [-0.05, 0) is 6.08 Å². The van der Waals surface area contributed by atoms with E-state index in [1.807, 2.05) is 0 Å². The summed E-state index contributed by atoms with van der Waals surface area (Å²) in [5, 5.41) is 6.14. The van der Waals surface area contributed by atoms with E-state index in [4.69, 9.17) is 0 Å². The molecule has 0 aliphatic carbocycles. The summed E-state index contributed by atoms with van der Waals surface area (Å²) in [6, 6.07) is 0. The monoisotopic (exact) mass is 191 g/mol. The molecule has 14 heavy (non-hydrogen) atoms. The first kappa shape index (κ1) is 8.30. The maximum atomic E-state index is 11.0. The predicted octanol–water partition coefficient (Wildman–Crippen LogP) is -0.405. The number of hydrogen-bond acceptors (Lipinski definition) is 6. The number of hydrazone groups is 1. The molecular formula is C7H5N5O2. The van der Waals surface area contributed by atoms with Crippen LogP contribution in [0.5, 0.6) is 0 Å². The molecule has 70 valence electrons. The zero-order chi connectivity index (χ0) is 9.97. The normalized spacial score (nSPS) is 17.9. The van der Waals surface area contributed by atoms with E-state index in [1.165, 1.54) is 6.21 Å². The van der Waals surface area contributed by atoms with E-state index in [0.29, 0.717) is 11.3 Å². The van der Waals surface area contributed by atoms with Gasteiger partial charge in [0.05, 0.1) is 6.21 Å². The Balaban J connectivity index is 2.49. The third-order valence-corrected chi connectivity index (χ3v) is 1.71. The van der Waals surface area contributed by atoms with Crippen molar-refractivity contribution >= 4 is 17.8 Å². The number of allylic oxidation sites excluding steroid dienone is 2. The third-order valence-electron chi connectivity index (χ3n) is 1.71. The number of carbonyl (C=O) groups excluding carboxylic acids is 1. The van der Waals surface area contributed by atoms with Gasteiger partial charge in [-0.1, -0.05) is 0 Å². The van der Waals surface area contributed by atoms with Crippen LogP contribution in [0.4, 0.5) is 0 Å². The van der Waals surface area contributed by atoms with E-state index in [0.717, 1.165) is 0 Å². The largest absolute Gasteiger partial charge is 0.335 e. The SMILES string of the molecule is O=NC(=O)C1=C2C=CNNN=C2C=N1. The summed E-state index contributed by atoms with van der Waals surface area (Å²) in [5.41, 5.74) is 6.10. The van der Waals surface area contributed by atoms with Gasteiger partial charge in [-0.3, -0.25) is 10.2 Å². The molecule has 0 fully saturated rings. The Morgan fingerprint density at radius 1 is 1.50 bits per heavy atom. The lowest BCUT2D eigenvalue weighted by molar-refractivity contribution is -0.114. The van der Waals surface area contributed by atoms with Crippen LogP contribution in [0.1, 0.15) is 0 Å². The minimum Gasteiger partial charge on any atom is -0.292 e. The number of carbonyl (C=O) groups is 1. The summed E-state index contributed by atoms with van der Waals surface area (Å²) in [6.45, 7) is 0. The standard InChI is InChI=1S/C7H5N5O2/c13-7(11-14)6-4-1-2-9-12-10-5(4)3-8-6/h1-3,9,12H. The van der Waals surface area contributed by atoms with Crippen molar-refractivity contribution in [2.45, 2.75) is 0 Å². The molecule has 0 atom stereocenters. The zero-order valence-electron chi connectivity index (χ0n) is 6.89. The third kappa shape index (κ3) is 1.20. The molecule has 0 saturated carbocycles. The maximum Gasteiger partial charge on any atom is 0.335 e. The van der Waals surface area contributed by atoms with Gasteiger partial charge in [0.1, 0.15) is 11.4 Å². The summed E-state index contributed by atoms with van der Waals surface area (Å²) in [5.74, 6) is -0.895. The van der Waals surface area contributed by atoms with E-state index < -0.39 is 5.91 Å². The highest BCUT2D eigenvalue weighted by Gasteiger charge is 2.22. The summed E-state index contributed by atoms with van der Waals surface area (Å²) in [7, 11) is 0. The molecule has 0 saturated heterocycles. The Bertz CT molecular complexity index is 418. The number of nitroso groups, excluding NO2 is 1. The molecule has 0 aromatic heterocycles. The van der Waals surface area contributed by atoms with Crippen molar-refractivity contribution in [3.63, 3.8) is 0 Å². The number of hydrazine groups is 1. The number of amides is 1. The summed E-state index contributed by atoms with van der Waals surface area (Å²) >= 11 is 0. The maximum absolute atomic E-state index is 11.0. The Morgan fingerprint density at radius 2 is 2.36 bits per heavy atom. The Kier molecular flexibility index (Phi) is 1.90. The first-order chi connectivity index (χ1) is 6.83. The van der Waals surface area contributed by atoms with Gasteiger partial charge in [0.15, 0.2) is 0 Å². The van der Waals surface area contributed by atoms with E-state index in [1.54, 1.807) is 12.3 Å². The molecule has 0 bridgehead atoms.